The zero-order chi connectivity index (χ0) is 4.83. The van der Waals surface area contributed by atoms with Crippen LogP contribution >= 0.6 is 0 Å². The third kappa shape index (κ3) is 3.08. The maximum Gasteiger partial charge on any atom is 0.0105 e. The van der Waals surface area contributed by atoms with Gasteiger partial charge in [-0.25, -0.2) is 0 Å². The first-order valence-corrected chi connectivity index (χ1v) is 1.64. The number of hydrazine groups is 1. The van der Waals surface area contributed by atoms with Crippen molar-refractivity contribution < 1.29 is 0 Å². The smallest absolute Gasteiger partial charge is 0.0105 e. The first kappa shape index (κ1) is 5.08. The Kier molecular flexibility index (Phi) is 3.45. The van der Waals surface area contributed by atoms with Gasteiger partial charge in [-0.05, 0) is 0 Å². The molecule has 0 aromatic carbocycles. The average Bonchev–Trinajstić information content (AvgIpc) is 1.61. The molecule has 0 amide bonds. The molecule has 0 radical (unpaired) electrons. The van der Waals surface area contributed by atoms with Crippen LogP contribution in [0.3, 0.4) is 0 Å². The number of nitrogens with one attached hydrogen (secondary N) is 2. The van der Waals surface area contributed by atoms with E-state index in [0.717, 1.165) is 0 Å². The summed E-state index contributed by atoms with van der Waals surface area (Å²) in [6.07, 6.45) is 3.06. The number of rotatable bonds is 3. The lowest BCUT2D eigenvalue weighted by Gasteiger charge is -1.91. The Morgan fingerprint density at radius 1 is 1.00 bits per heavy atom. The van der Waals surface area contributed by atoms with Gasteiger partial charge in [0, 0.05) is 12.4 Å². The lowest BCUT2D eigenvalue weighted by atomic mass is 11.0. The van der Waals surface area contributed by atoms with E-state index in [1.165, 1.54) is 12.4 Å². The predicted octanol–water partition coefficient (Wildman–Crippen LogP) is 0.368. The van der Waals surface area contributed by atoms with E-state index in [2.05, 4.69) is 24.0 Å². The molecule has 0 bridgehead atoms. The summed E-state index contributed by atoms with van der Waals surface area (Å²) < 4.78 is 0. The molecule has 0 aromatic heterocycles. The van der Waals surface area contributed by atoms with Gasteiger partial charge >= 0.3 is 0 Å². The molecule has 0 rings (SSSR count). The second-order valence-corrected chi connectivity index (χ2v) is 0.697. The third-order valence-electron chi connectivity index (χ3n) is 0.287. The summed E-state index contributed by atoms with van der Waals surface area (Å²) in [4.78, 5) is 0. The third-order valence-corrected chi connectivity index (χ3v) is 0.287. The van der Waals surface area contributed by atoms with E-state index in [4.69, 9.17) is 0 Å². The average molecular weight is 84.1 g/mol. The Morgan fingerprint density at radius 2 is 1.33 bits per heavy atom. The van der Waals surface area contributed by atoms with E-state index in [0.29, 0.717) is 0 Å². The Labute approximate surface area is 37.5 Å². The van der Waals surface area contributed by atoms with Crippen molar-refractivity contribution in [2.45, 2.75) is 0 Å². The van der Waals surface area contributed by atoms with Gasteiger partial charge in [0.2, 0.25) is 0 Å². The van der Waals surface area contributed by atoms with Gasteiger partial charge in [-0.1, -0.05) is 13.2 Å². The van der Waals surface area contributed by atoms with Crippen LogP contribution in [0.15, 0.2) is 25.6 Å². The van der Waals surface area contributed by atoms with Crippen molar-refractivity contribution in [3.63, 3.8) is 0 Å². The standard InChI is InChI=1S/C4H8N2/c1-3-5-6-4-2/h3-6H,1-2H2. The van der Waals surface area contributed by atoms with Crippen molar-refractivity contribution in [3.8, 4) is 0 Å². The molecule has 0 fully saturated rings. The SMILES string of the molecule is C=CNNC=C. The Balaban J connectivity index is 2.66. The fourth-order valence-electron chi connectivity index (χ4n) is 0.118. The van der Waals surface area contributed by atoms with Crippen LogP contribution in [0.4, 0.5) is 0 Å². The van der Waals surface area contributed by atoms with Gasteiger partial charge in [0.1, 0.15) is 0 Å². The van der Waals surface area contributed by atoms with Crippen LogP contribution in [-0.4, -0.2) is 0 Å². The highest BCUT2D eigenvalue weighted by Crippen LogP contribution is 1.43. The summed E-state index contributed by atoms with van der Waals surface area (Å²) >= 11 is 0. The summed E-state index contributed by atoms with van der Waals surface area (Å²) in [6, 6.07) is 0. The van der Waals surface area contributed by atoms with E-state index in [1.807, 2.05) is 0 Å². The van der Waals surface area contributed by atoms with Crippen LogP contribution in [0.1, 0.15) is 0 Å². The minimum absolute atomic E-state index is 1.53. The molecule has 34 valence electrons. The van der Waals surface area contributed by atoms with Crippen molar-refractivity contribution >= 4 is 0 Å². The van der Waals surface area contributed by atoms with E-state index in [9.17, 15) is 0 Å². The Bertz CT molecular complexity index is 41.5. The molecule has 0 aliphatic rings. The molecule has 2 nitrogen and oxygen atoms in total. The lowest BCUT2D eigenvalue weighted by molar-refractivity contribution is 0.781. The first-order valence-electron chi connectivity index (χ1n) is 1.64. The number of hydrogen-bond acceptors (Lipinski definition) is 2. The summed E-state index contributed by atoms with van der Waals surface area (Å²) in [5.74, 6) is 0. The molecule has 2 N–H and O–H groups in total. The van der Waals surface area contributed by atoms with E-state index in [1.54, 1.807) is 0 Å². The van der Waals surface area contributed by atoms with Crippen molar-refractivity contribution in [3.05, 3.63) is 25.6 Å². The maximum absolute atomic E-state index is 3.38. The van der Waals surface area contributed by atoms with Gasteiger partial charge in [0.15, 0.2) is 0 Å². The summed E-state index contributed by atoms with van der Waals surface area (Å²) in [6.45, 7) is 6.75. The van der Waals surface area contributed by atoms with Crippen LogP contribution in [-0.2, 0) is 0 Å². The van der Waals surface area contributed by atoms with Crippen molar-refractivity contribution in [2.24, 2.45) is 0 Å². The summed E-state index contributed by atoms with van der Waals surface area (Å²) in [5, 5.41) is 0. The predicted molar refractivity (Wildman–Crippen MR) is 26.7 cm³/mol. The molecule has 0 saturated carbocycles. The van der Waals surface area contributed by atoms with E-state index >= 15 is 0 Å². The first-order chi connectivity index (χ1) is 2.91. The van der Waals surface area contributed by atoms with Gasteiger partial charge in [0.25, 0.3) is 0 Å². The molecule has 0 aromatic rings. The van der Waals surface area contributed by atoms with Crippen LogP contribution in [0.25, 0.3) is 0 Å². The van der Waals surface area contributed by atoms with Crippen molar-refractivity contribution in [2.75, 3.05) is 0 Å². The summed E-state index contributed by atoms with van der Waals surface area (Å²) in [7, 11) is 0. The maximum atomic E-state index is 3.38. The molecule has 2 heteroatoms. The van der Waals surface area contributed by atoms with Gasteiger partial charge in [-0.15, -0.1) is 0 Å². The topological polar surface area (TPSA) is 24.1 Å². The van der Waals surface area contributed by atoms with Crippen LogP contribution in [0.2, 0.25) is 0 Å². The van der Waals surface area contributed by atoms with Gasteiger partial charge in [0.05, 0.1) is 0 Å². The fourth-order valence-corrected chi connectivity index (χ4v) is 0.118. The second kappa shape index (κ2) is 4.08. The van der Waals surface area contributed by atoms with Crippen LogP contribution in [0.5, 0.6) is 0 Å². The second-order valence-electron chi connectivity index (χ2n) is 0.697. The Hall–Kier alpha value is -0.920. The van der Waals surface area contributed by atoms with Crippen LogP contribution in [0, 0.1) is 0 Å². The molecule has 0 spiro atoms. The zero-order valence-electron chi connectivity index (χ0n) is 3.57. The molecule has 0 heterocycles. The van der Waals surface area contributed by atoms with Crippen molar-refractivity contribution in [1.82, 2.24) is 10.9 Å². The largest absolute Gasteiger partial charge is 0.309 e. The molecule has 0 saturated heterocycles. The van der Waals surface area contributed by atoms with Gasteiger partial charge < -0.3 is 10.9 Å². The fraction of sp³-hybridized carbons (Fsp3) is 0. The lowest BCUT2D eigenvalue weighted by Crippen LogP contribution is -2.18. The molecular weight excluding hydrogens is 76.1 g/mol. The molecular formula is C4H8N2. The van der Waals surface area contributed by atoms with Gasteiger partial charge in [-0.3, -0.25) is 0 Å². The monoisotopic (exact) mass is 84.1 g/mol. The van der Waals surface area contributed by atoms with E-state index in [-0.39, 0.29) is 0 Å². The minimum Gasteiger partial charge on any atom is -0.309 e. The van der Waals surface area contributed by atoms with E-state index < -0.39 is 0 Å². The zero-order valence-corrected chi connectivity index (χ0v) is 3.57. The highest BCUT2D eigenvalue weighted by Gasteiger charge is 1.53. The highest BCUT2D eigenvalue weighted by atomic mass is 15.3. The molecule has 0 aliphatic carbocycles. The van der Waals surface area contributed by atoms with Crippen LogP contribution < -0.4 is 10.9 Å². The molecule has 0 aliphatic heterocycles. The minimum atomic E-state index is 1.53. The normalized spacial score (nSPS) is 6.00. The summed E-state index contributed by atoms with van der Waals surface area (Å²) in [5.41, 5.74) is 5.19. The molecule has 0 atom stereocenters. The van der Waals surface area contributed by atoms with Gasteiger partial charge in [-0.2, -0.15) is 0 Å². The molecule has 0 unspecified atom stereocenters. The molecule has 6 heavy (non-hydrogen) atoms. The Morgan fingerprint density at radius 3 is 1.50 bits per heavy atom. The highest BCUT2D eigenvalue weighted by molar-refractivity contribution is 4.64. The van der Waals surface area contributed by atoms with Crippen molar-refractivity contribution in [1.29, 1.82) is 0 Å². The quantitative estimate of drug-likeness (QED) is 0.381. The number of hydrogen-bond donors (Lipinski definition) is 2.